The van der Waals surface area contributed by atoms with Gasteiger partial charge in [-0.1, -0.05) is 19.8 Å². The second-order valence-electron chi connectivity index (χ2n) is 3.77. The van der Waals surface area contributed by atoms with Crippen LogP contribution in [0.1, 0.15) is 34.6 Å². The van der Waals surface area contributed by atoms with E-state index in [1.54, 1.807) is 6.92 Å². The van der Waals surface area contributed by atoms with Crippen molar-refractivity contribution in [3.63, 3.8) is 0 Å². The second kappa shape index (κ2) is 3.78. The fourth-order valence-electron chi connectivity index (χ4n) is 1.31. The van der Waals surface area contributed by atoms with Crippen LogP contribution in [0.2, 0.25) is 0 Å². The fraction of sp³-hybridized carbons (Fsp3) is 0.800. The average Bonchev–Trinajstić information content (AvgIpc) is 1.79. The summed E-state index contributed by atoms with van der Waals surface area (Å²) in [6.07, 6.45) is 0. The molecule has 11 heavy (non-hydrogen) atoms. The summed E-state index contributed by atoms with van der Waals surface area (Å²) < 4.78 is 0. The van der Waals surface area contributed by atoms with Gasteiger partial charge in [0.15, 0.2) is 0 Å². The standard InChI is InChI=1S/C10H18O/c1-6-7-9(8(2)3)10(4,5)11/h8-9,11H,1-5H3. The molecular formula is C10H18O. The van der Waals surface area contributed by atoms with E-state index in [0.29, 0.717) is 5.92 Å². The van der Waals surface area contributed by atoms with Gasteiger partial charge in [0.1, 0.15) is 0 Å². The van der Waals surface area contributed by atoms with Gasteiger partial charge in [-0.2, -0.15) is 0 Å². The molecule has 1 atom stereocenters. The largest absolute Gasteiger partial charge is 0.389 e. The van der Waals surface area contributed by atoms with Crippen molar-refractivity contribution < 1.29 is 5.11 Å². The molecule has 0 heterocycles. The van der Waals surface area contributed by atoms with Crippen LogP contribution in [0.25, 0.3) is 0 Å². The molecule has 0 spiro atoms. The van der Waals surface area contributed by atoms with Crippen LogP contribution >= 0.6 is 0 Å². The van der Waals surface area contributed by atoms with E-state index in [1.807, 2.05) is 13.8 Å². The van der Waals surface area contributed by atoms with Crippen LogP contribution in [0.15, 0.2) is 0 Å². The van der Waals surface area contributed by atoms with Crippen LogP contribution in [0, 0.1) is 23.7 Å². The smallest absolute Gasteiger partial charge is 0.0731 e. The zero-order chi connectivity index (χ0) is 9.07. The first kappa shape index (κ1) is 10.5. The monoisotopic (exact) mass is 154 g/mol. The van der Waals surface area contributed by atoms with Crippen LogP contribution in [-0.4, -0.2) is 10.7 Å². The van der Waals surface area contributed by atoms with Crippen LogP contribution in [0.5, 0.6) is 0 Å². The highest BCUT2D eigenvalue weighted by Gasteiger charge is 2.27. The summed E-state index contributed by atoms with van der Waals surface area (Å²) in [5.74, 6) is 6.35. The molecule has 0 aliphatic heterocycles. The molecule has 1 heteroatoms. The van der Waals surface area contributed by atoms with Crippen molar-refractivity contribution in [3.8, 4) is 11.8 Å². The van der Waals surface area contributed by atoms with E-state index in [4.69, 9.17) is 0 Å². The predicted octanol–water partition coefficient (Wildman–Crippen LogP) is 2.05. The van der Waals surface area contributed by atoms with Crippen molar-refractivity contribution in [3.05, 3.63) is 0 Å². The summed E-state index contributed by atoms with van der Waals surface area (Å²) >= 11 is 0. The summed E-state index contributed by atoms with van der Waals surface area (Å²) in [5, 5.41) is 9.68. The van der Waals surface area contributed by atoms with E-state index in [1.165, 1.54) is 0 Å². The van der Waals surface area contributed by atoms with E-state index < -0.39 is 5.60 Å². The predicted molar refractivity (Wildman–Crippen MR) is 48.1 cm³/mol. The van der Waals surface area contributed by atoms with Gasteiger partial charge in [0, 0.05) is 0 Å². The van der Waals surface area contributed by atoms with Gasteiger partial charge >= 0.3 is 0 Å². The first-order valence-electron chi connectivity index (χ1n) is 4.04. The molecule has 0 radical (unpaired) electrons. The van der Waals surface area contributed by atoms with E-state index in [2.05, 4.69) is 25.7 Å². The van der Waals surface area contributed by atoms with Gasteiger partial charge in [-0.15, -0.1) is 5.92 Å². The molecule has 0 rings (SSSR count). The highest BCUT2D eigenvalue weighted by molar-refractivity contribution is 5.07. The quantitative estimate of drug-likeness (QED) is 0.603. The normalized spacial score (nSPS) is 14.1. The zero-order valence-electron chi connectivity index (χ0n) is 8.10. The minimum Gasteiger partial charge on any atom is -0.389 e. The van der Waals surface area contributed by atoms with Crippen molar-refractivity contribution in [1.82, 2.24) is 0 Å². The van der Waals surface area contributed by atoms with Gasteiger partial charge < -0.3 is 5.11 Å². The van der Waals surface area contributed by atoms with Gasteiger partial charge in [0.2, 0.25) is 0 Å². The van der Waals surface area contributed by atoms with Gasteiger partial charge in [-0.3, -0.25) is 0 Å². The lowest BCUT2D eigenvalue weighted by Gasteiger charge is -2.27. The fourth-order valence-corrected chi connectivity index (χ4v) is 1.31. The van der Waals surface area contributed by atoms with Crippen LogP contribution in [-0.2, 0) is 0 Å². The van der Waals surface area contributed by atoms with Crippen molar-refractivity contribution in [2.45, 2.75) is 40.2 Å². The van der Waals surface area contributed by atoms with Crippen molar-refractivity contribution in [2.75, 3.05) is 0 Å². The van der Waals surface area contributed by atoms with Gasteiger partial charge in [-0.25, -0.2) is 0 Å². The number of aliphatic hydroxyl groups is 1. The first-order chi connectivity index (χ1) is 4.89. The van der Waals surface area contributed by atoms with E-state index in [-0.39, 0.29) is 5.92 Å². The lowest BCUT2D eigenvalue weighted by molar-refractivity contribution is 0.0231. The minimum absolute atomic E-state index is 0.0764. The number of hydrogen-bond donors (Lipinski definition) is 1. The molecule has 1 N–H and O–H groups in total. The Morgan fingerprint density at radius 1 is 1.27 bits per heavy atom. The maximum Gasteiger partial charge on any atom is 0.0731 e. The summed E-state index contributed by atoms with van der Waals surface area (Å²) in [6, 6.07) is 0. The Bertz CT molecular complexity index is 164. The third-order valence-electron chi connectivity index (χ3n) is 1.73. The molecular weight excluding hydrogens is 136 g/mol. The Labute approximate surface area is 69.8 Å². The Kier molecular flexibility index (Phi) is 3.62. The molecule has 0 saturated heterocycles. The van der Waals surface area contributed by atoms with Crippen LogP contribution < -0.4 is 0 Å². The minimum atomic E-state index is -0.683. The Balaban J connectivity index is 4.44. The van der Waals surface area contributed by atoms with E-state index in [0.717, 1.165) is 0 Å². The lowest BCUT2D eigenvalue weighted by Crippen LogP contribution is -2.33. The number of rotatable bonds is 2. The zero-order valence-corrected chi connectivity index (χ0v) is 8.10. The Morgan fingerprint density at radius 3 is 1.82 bits per heavy atom. The summed E-state index contributed by atoms with van der Waals surface area (Å²) in [7, 11) is 0. The Morgan fingerprint density at radius 2 is 1.73 bits per heavy atom. The molecule has 0 aromatic carbocycles. The highest BCUT2D eigenvalue weighted by Crippen LogP contribution is 2.23. The topological polar surface area (TPSA) is 20.2 Å². The molecule has 64 valence electrons. The van der Waals surface area contributed by atoms with Gasteiger partial charge in [0.25, 0.3) is 0 Å². The van der Waals surface area contributed by atoms with Crippen molar-refractivity contribution >= 4 is 0 Å². The van der Waals surface area contributed by atoms with Gasteiger partial charge in [0.05, 0.1) is 11.5 Å². The third kappa shape index (κ3) is 3.43. The summed E-state index contributed by atoms with van der Waals surface area (Å²) in [6.45, 7) is 9.57. The van der Waals surface area contributed by atoms with E-state index >= 15 is 0 Å². The molecule has 0 bridgehead atoms. The van der Waals surface area contributed by atoms with E-state index in [9.17, 15) is 5.11 Å². The molecule has 0 aliphatic carbocycles. The number of hydrogen-bond acceptors (Lipinski definition) is 1. The molecule has 1 unspecified atom stereocenters. The molecule has 0 fully saturated rings. The lowest BCUT2D eigenvalue weighted by atomic mass is 9.83. The van der Waals surface area contributed by atoms with Gasteiger partial charge in [-0.05, 0) is 26.7 Å². The molecule has 0 aliphatic rings. The summed E-state index contributed by atoms with van der Waals surface area (Å²) in [4.78, 5) is 0. The van der Waals surface area contributed by atoms with Crippen molar-refractivity contribution in [2.24, 2.45) is 11.8 Å². The second-order valence-corrected chi connectivity index (χ2v) is 3.77. The maximum atomic E-state index is 9.68. The molecule has 1 nitrogen and oxygen atoms in total. The first-order valence-corrected chi connectivity index (χ1v) is 4.04. The maximum absolute atomic E-state index is 9.68. The summed E-state index contributed by atoms with van der Waals surface area (Å²) in [5.41, 5.74) is -0.683. The molecule has 0 aromatic heterocycles. The molecule has 0 saturated carbocycles. The average molecular weight is 154 g/mol. The van der Waals surface area contributed by atoms with Crippen LogP contribution in [0.4, 0.5) is 0 Å². The molecule has 0 amide bonds. The van der Waals surface area contributed by atoms with Crippen molar-refractivity contribution in [1.29, 1.82) is 0 Å². The molecule has 0 aromatic rings. The SMILES string of the molecule is CC#CC(C(C)C)C(C)(C)O. The highest BCUT2D eigenvalue weighted by atomic mass is 16.3. The third-order valence-corrected chi connectivity index (χ3v) is 1.73. The van der Waals surface area contributed by atoms with Crippen LogP contribution in [0.3, 0.4) is 0 Å². The Hall–Kier alpha value is -0.480.